The number of rotatable bonds is 1. The summed E-state index contributed by atoms with van der Waals surface area (Å²) in [5, 5.41) is 3.60. The lowest BCUT2D eigenvalue weighted by Crippen LogP contribution is -2.18. The van der Waals surface area contributed by atoms with Crippen molar-refractivity contribution in [1.82, 2.24) is 9.78 Å². The van der Waals surface area contributed by atoms with Crippen LogP contribution in [0.2, 0.25) is 0 Å². The van der Waals surface area contributed by atoms with Crippen molar-refractivity contribution in [3.63, 3.8) is 0 Å². The van der Waals surface area contributed by atoms with Crippen molar-refractivity contribution in [2.45, 2.75) is 37.9 Å². The Morgan fingerprint density at radius 1 is 1.28 bits per heavy atom. The summed E-state index contributed by atoms with van der Waals surface area (Å²) in [4.78, 5) is 0. The molecule has 7 heteroatoms. The zero-order chi connectivity index (χ0) is 13.2. The number of anilines is 1. The van der Waals surface area contributed by atoms with Crippen LogP contribution in [0.3, 0.4) is 0 Å². The van der Waals surface area contributed by atoms with Gasteiger partial charge in [0.2, 0.25) is 0 Å². The maximum absolute atomic E-state index is 12.5. The second-order valence-corrected chi connectivity index (χ2v) is 4.45. The Kier molecular flexibility index (Phi) is 3.79. The van der Waals surface area contributed by atoms with Gasteiger partial charge in [-0.15, -0.1) is 0 Å². The molecule has 1 saturated heterocycles. The van der Waals surface area contributed by atoms with Crippen LogP contribution in [-0.2, 0) is 10.9 Å². The largest absolute Gasteiger partial charge is 0.435 e. The van der Waals surface area contributed by atoms with Crippen LogP contribution in [0.25, 0.3) is 0 Å². The van der Waals surface area contributed by atoms with Crippen LogP contribution < -0.4 is 5.73 Å². The predicted molar refractivity (Wildman–Crippen MR) is 60.0 cm³/mol. The minimum absolute atomic E-state index is 0.0648. The fraction of sp³-hybridized carbons (Fsp3) is 0.727. The maximum Gasteiger partial charge on any atom is 0.435 e. The molecule has 0 aliphatic carbocycles. The number of nitrogens with zero attached hydrogens (tertiary/aromatic N) is 2. The van der Waals surface area contributed by atoms with Crippen molar-refractivity contribution in [2.75, 3.05) is 18.9 Å². The lowest BCUT2D eigenvalue weighted by atomic mass is 10.1. The first kappa shape index (κ1) is 13.2. The molecule has 0 unspecified atom stereocenters. The van der Waals surface area contributed by atoms with E-state index >= 15 is 0 Å². The van der Waals surface area contributed by atoms with Gasteiger partial charge in [0.25, 0.3) is 0 Å². The topological polar surface area (TPSA) is 53.1 Å². The Labute approximate surface area is 103 Å². The zero-order valence-electron chi connectivity index (χ0n) is 9.91. The zero-order valence-corrected chi connectivity index (χ0v) is 9.91. The smallest absolute Gasteiger partial charge is 0.384 e. The molecule has 18 heavy (non-hydrogen) atoms. The van der Waals surface area contributed by atoms with Gasteiger partial charge in [-0.1, -0.05) is 0 Å². The first-order chi connectivity index (χ1) is 8.48. The van der Waals surface area contributed by atoms with E-state index in [-0.39, 0.29) is 11.9 Å². The summed E-state index contributed by atoms with van der Waals surface area (Å²) in [7, 11) is 0. The van der Waals surface area contributed by atoms with Gasteiger partial charge < -0.3 is 10.5 Å². The minimum atomic E-state index is -4.44. The van der Waals surface area contributed by atoms with Crippen LogP contribution in [0, 0.1) is 0 Å². The third-order valence-corrected chi connectivity index (χ3v) is 3.05. The second kappa shape index (κ2) is 5.17. The van der Waals surface area contributed by atoms with Gasteiger partial charge in [0.1, 0.15) is 5.82 Å². The Balaban J connectivity index is 2.18. The van der Waals surface area contributed by atoms with Gasteiger partial charge in [0, 0.05) is 19.3 Å². The number of alkyl halides is 3. The van der Waals surface area contributed by atoms with E-state index in [0.29, 0.717) is 13.2 Å². The van der Waals surface area contributed by atoms with Crippen molar-refractivity contribution in [3.8, 4) is 0 Å². The molecule has 0 bridgehead atoms. The van der Waals surface area contributed by atoms with E-state index in [1.54, 1.807) is 0 Å². The molecule has 0 atom stereocenters. The first-order valence-corrected chi connectivity index (χ1v) is 5.98. The fourth-order valence-electron chi connectivity index (χ4n) is 2.17. The monoisotopic (exact) mass is 263 g/mol. The van der Waals surface area contributed by atoms with E-state index < -0.39 is 11.9 Å². The molecule has 1 aromatic heterocycles. The van der Waals surface area contributed by atoms with Crippen molar-refractivity contribution in [1.29, 1.82) is 0 Å². The van der Waals surface area contributed by atoms with E-state index in [4.69, 9.17) is 10.5 Å². The van der Waals surface area contributed by atoms with E-state index in [1.807, 2.05) is 0 Å². The molecular formula is C11H16F3N3O. The molecule has 1 aromatic rings. The summed E-state index contributed by atoms with van der Waals surface area (Å²) in [5.41, 5.74) is 4.71. The van der Waals surface area contributed by atoms with Gasteiger partial charge in [-0.2, -0.15) is 18.3 Å². The lowest BCUT2D eigenvalue weighted by molar-refractivity contribution is -0.141. The Bertz CT molecular complexity index is 395. The van der Waals surface area contributed by atoms with Gasteiger partial charge in [-0.05, 0) is 25.7 Å². The third-order valence-electron chi connectivity index (χ3n) is 3.05. The molecule has 102 valence electrons. The van der Waals surface area contributed by atoms with Crippen LogP contribution in [0.15, 0.2) is 6.07 Å². The Hall–Kier alpha value is -1.24. The summed E-state index contributed by atoms with van der Waals surface area (Å²) < 4.78 is 44.2. The number of nitrogen functional groups attached to an aromatic ring is 1. The molecule has 0 aromatic carbocycles. The summed E-state index contributed by atoms with van der Waals surface area (Å²) >= 11 is 0. The van der Waals surface area contributed by atoms with Crippen molar-refractivity contribution in [3.05, 3.63) is 11.8 Å². The van der Waals surface area contributed by atoms with E-state index in [0.717, 1.165) is 31.7 Å². The molecule has 2 N–H and O–H groups in total. The Morgan fingerprint density at radius 3 is 2.39 bits per heavy atom. The summed E-state index contributed by atoms with van der Waals surface area (Å²) in [6.07, 6.45) is -1.34. The molecule has 1 fully saturated rings. The molecule has 0 spiro atoms. The third kappa shape index (κ3) is 2.95. The van der Waals surface area contributed by atoms with Crippen LogP contribution in [0.4, 0.5) is 19.0 Å². The second-order valence-electron chi connectivity index (χ2n) is 4.45. The average Bonchev–Trinajstić information content (AvgIpc) is 2.59. The fourth-order valence-corrected chi connectivity index (χ4v) is 2.17. The average molecular weight is 263 g/mol. The summed E-state index contributed by atoms with van der Waals surface area (Å²) in [6, 6.07) is 0.833. The highest BCUT2D eigenvalue weighted by Crippen LogP contribution is 2.32. The molecule has 0 radical (unpaired) electrons. The standard InChI is InChI=1S/C11H16F3N3O/c12-11(13,14)9-7-10(15)17(16-9)8-3-1-5-18-6-2-4-8/h7-8H,1-6,15H2. The predicted octanol–water partition coefficient (Wildman–Crippen LogP) is 2.62. The van der Waals surface area contributed by atoms with E-state index in [2.05, 4.69) is 5.10 Å². The summed E-state index contributed by atoms with van der Waals surface area (Å²) in [6.45, 7) is 1.29. The van der Waals surface area contributed by atoms with Crippen LogP contribution >= 0.6 is 0 Å². The van der Waals surface area contributed by atoms with E-state index in [1.165, 1.54) is 4.68 Å². The molecular weight excluding hydrogens is 247 g/mol. The molecule has 2 heterocycles. The highest BCUT2D eigenvalue weighted by molar-refractivity contribution is 5.32. The molecule has 0 amide bonds. The van der Waals surface area contributed by atoms with Gasteiger partial charge >= 0.3 is 6.18 Å². The normalized spacial score (nSPS) is 19.5. The van der Waals surface area contributed by atoms with E-state index in [9.17, 15) is 13.2 Å². The maximum atomic E-state index is 12.5. The molecule has 0 saturated carbocycles. The molecule has 4 nitrogen and oxygen atoms in total. The molecule has 2 rings (SSSR count). The summed E-state index contributed by atoms with van der Waals surface area (Å²) in [5.74, 6) is 0.0776. The number of nitrogens with two attached hydrogens (primary N) is 1. The molecule has 1 aliphatic heterocycles. The van der Waals surface area contributed by atoms with Gasteiger partial charge in [-0.25, -0.2) is 4.68 Å². The van der Waals surface area contributed by atoms with Crippen molar-refractivity contribution < 1.29 is 17.9 Å². The highest BCUT2D eigenvalue weighted by Gasteiger charge is 2.35. The number of hydrogen-bond donors (Lipinski definition) is 1. The molecule has 1 aliphatic rings. The van der Waals surface area contributed by atoms with Crippen LogP contribution in [0.1, 0.15) is 37.4 Å². The van der Waals surface area contributed by atoms with Gasteiger partial charge in [0.15, 0.2) is 5.69 Å². The van der Waals surface area contributed by atoms with Crippen LogP contribution in [0.5, 0.6) is 0 Å². The number of ether oxygens (including phenoxy) is 1. The van der Waals surface area contributed by atoms with Crippen molar-refractivity contribution in [2.24, 2.45) is 0 Å². The number of hydrogen-bond acceptors (Lipinski definition) is 3. The highest BCUT2D eigenvalue weighted by atomic mass is 19.4. The Morgan fingerprint density at radius 2 is 1.89 bits per heavy atom. The minimum Gasteiger partial charge on any atom is -0.384 e. The quantitative estimate of drug-likeness (QED) is 0.847. The van der Waals surface area contributed by atoms with Gasteiger partial charge in [0.05, 0.1) is 6.04 Å². The van der Waals surface area contributed by atoms with Crippen LogP contribution in [-0.4, -0.2) is 23.0 Å². The lowest BCUT2D eigenvalue weighted by Gasteiger charge is -2.21. The number of aromatic nitrogens is 2. The first-order valence-electron chi connectivity index (χ1n) is 5.98. The van der Waals surface area contributed by atoms with Crippen molar-refractivity contribution >= 4 is 5.82 Å². The number of halogens is 3. The SMILES string of the molecule is Nc1cc(C(F)(F)F)nn1C1CCCOCCC1. The van der Waals surface area contributed by atoms with Gasteiger partial charge in [-0.3, -0.25) is 0 Å².